The van der Waals surface area contributed by atoms with Gasteiger partial charge in [0, 0.05) is 46.9 Å². The molecule has 0 spiro atoms. The Balaban J connectivity index is 1.63. The van der Waals surface area contributed by atoms with Crippen LogP contribution in [0.4, 0.5) is 0 Å². The first-order valence-corrected chi connectivity index (χ1v) is 12.4. The second kappa shape index (κ2) is 10.6. The molecule has 2 heterocycles. The molecule has 0 bridgehead atoms. The minimum atomic E-state index is -3.61. The van der Waals surface area contributed by atoms with Crippen molar-refractivity contribution in [3.05, 3.63) is 30.3 Å². The molecule has 31 heavy (non-hydrogen) atoms. The highest BCUT2D eigenvalue weighted by atomic mass is 32.2. The Morgan fingerprint density at radius 3 is 2.45 bits per heavy atom. The molecule has 172 valence electrons. The minimum absolute atomic E-state index is 0.0338. The number of nitrogens with zero attached hydrogens (tertiary/aromatic N) is 3. The summed E-state index contributed by atoms with van der Waals surface area (Å²) in [5.74, 6) is -0.587. The molecule has 1 aromatic carbocycles. The highest BCUT2D eigenvalue weighted by Crippen LogP contribution is 2.27. The highest BCUT2D eigenvalue weighted by Gasteiger charge is 2.37. The third kappa shape index (κ3) is 5.64. The van der Waals surface area contributed by atoms with Crippen molar-refractivity contribution in [1.82, 2.24) is 14.1 Å². The van der Waals surface area contributed by atoms with Gasteiger partial charge in [0.15, 0.2) is 0 Å². The van der Waals surface area contributed by atoms with Gasteiger partial charge in [-0.1, -0.05) is 18.2 Å². The van der Waals surface area contributed by atoms with Crippen molar-refractivity contribution in [3.63, 3.8) is 0 Å². The fraction of sp³-hybridized carbons (Fsp3) is 0.636. The van der Waals surface area contributed by atoms with Gasteiger partial charge in [0.05, 0.1) is 23.3 Å². The van der Waals surface area contributed by atoms with Crippen LogP contribution in [0.5, 0.6) is 0 Å². The van der Waals surface area contributed by atoms with Gasteiger partial charge >= 0.3 is 0 Å². The van der Waals surface area contributed by atoms with E-state index in [0.29, 0.717) is 45.6 Å². The molecule has 0 aromatic heterocycles. The quantitative estimate of drug-likeness (QED) is 0.626. The monoisotopic (exact) mass is 451 g/mol. The average Bonchev–Trinajstić information content (AvgIpc) is 2.82. The second-order valence-corrected chi connectivity index (χ2v) is 10.3. The summed E-state index contributed by atoms with van der Waals surface area (Å²) in [7, 11) is -0.252. The molecular formula is C22H33N3O5S. The number of likely N-dealkylation sites (N-methyl/N-ethyl adjacent to an activating group) is 1. The van der Waals surface area contributed by atoms with Crippen LogP contribution in [0.3, 0.4) is 0 Å². The van der Waals surface area contributed by atoms with Gasteiger partial charge in [0.2, 0.25) is 21.8 Å². The number of amides is 2. The number of benzene rings is 1. The van der Waals surface area contributed by atoms with Crippen LogP contribution in [-0.2, 0) is 24.3 Å². The first kappa shape index (κ1) is 23.7. The van der Waals surface area contributed by atoms with Crippen LogP contribution in [0.1, 0.15) is 25.7 Å². The van der Waals surface area contributed by atoms with Crippen LogP contribution in [0, 0.1) is 11.8 Å². The Labute approximate surface area is 185 Å². The van der Waals surface area contributed by atoms with Gasteiger partial charge in [-0.05, 0) is 37.8 Å². The summed E-state index contributed by atoms with van der Waals surface area (Å²) < 4.78 is 32.4. The van der Waals surface area contributed by atoms with Crippen molar-refractivity contribution in [2.45, 2.75) is 30.6 Å². The van der Waals surface area contributed by atoms with Gasteiger partial charge in [-0.3, -0.25) is 9.59 Å². The zero-order chi connectivity index (χ0) is 22.4. The molecule has 0 aliphatic carbocycles. The van der Waals surface area contributed by atoms with Crippen LogP contribution in [0.25, 0.3) is 0 Å². The van der Waals surface area contributed by atoms with Gasteiger partial charge in [0.1, 0.15) is 0 Å². The molecule has 9 heteroatoms. The number of methoxy groups -OCH3 is 1. The molecule has 2 unspecified atom stereocenters. The zero-order valence-corrected chi connectivity index (χ0v) is 19.2. The number of carbonyl (C=O) groups excluding carboxylic acids is 2. The summed E-state index contributed by atoms with van der Waals surface area (Å²) in [4.78, 5) is 29.6. The number of ether oxygens (including phenoxy) is 1. The maximum Gasteiger partial charge on any atom is 0.243 e. The number of sulfonamides is 1. The van der Waals surface area contributed by atoms with E-state index in [1.807, 2.05) is 0 Å². The molecule has 2 fully saturated rings. The molecule has 1 aromatic rings. The summed E-state index contributed by atoms with van der Waals surface area (Å²) in [5.41, 5.74) is 0. The zero-order valence-electron chi connectivity index (χ0n) is 18.4. The van der Waals surface area contributed by atoms with Crippen molar-refractivity contribution in [2.75, 3.05) is 53.5 Å². The fourth-order valence-corrected chi connectivity index (χ4v) is 5.94. The third-order valence-corrected chi connectivity index (χ3v) is 8.08. The molecule has 0 radical (unpaired) electrons. The van der Waals surface area contributed by atoms with E-state index in [4.69, 9.17) is 4.74 Å². The molecule has 2 atom stereocenters. The molecule has 0 saturated carbocycles. The summed E-state index contributed by atoms with van der Waals surface area (Å²) in [6.07, 6.45) is 2.86. The molecule has 2 saturated heterocycles. The lowest BCUT2D eigenvalue weighted by Crippen LogP contribution is -2.51. The van der Waals surface area contributed by atoms with Gasteiger partial charge < -0.3 is 14.5 Å². The molecule has 2 aliphatic heterocycles. The number of likely N-dealkylation sites (tertiary alicyclic amines) is 1. The Kier molecular flexibility index (Phi) is 8.07. The topological polar surface area (TPSA) is 87.2 Å². The average molecular weight is 452 g/mol. The van der Waals surface area contributed by atoms with Crippen LogP contribution in [0.2, 0.25) is 0 Å². The standard InChI is InChI=1S/C22H33N3O5S/c1-23(14-15-30-2)21(26)18-8-6-12-24(16-18)22(27)19-9-7-13-25(17-19)31(28,29)20-10-4-3-5-11-20/h3-5,10-11,18-19H,6-9,12-17H2,1-2H3. The van der Waals surface area contributed by atoms with E-state index < -0.39 is 10.0 Å². The molecule has 2 aliphatic rings. The van der Waals surface area contributed by atoms with E-state index in [0.717, 1.165) is 12.8 Å². The van der Waals surface area contributed by atoms with E-state index in [1.54, 1.807) is 54.3 Å². The Hall–Kier alpha value is -1.97. The van der Waals surface area contributed by atoms with Gasteiger partial charge in [-0.15, -0.1) is 0 Å². The molecule has 3 rings (SSSR count). The molecule has 0 N–H and O–H groups in total. The lowest BCUT2D eigenvalue weighted by atomic mass is 9.93. The van der Waals surface area contributed by atoms with E-state index in [9.17, 15) is 18.0 Å². The molecule has 2 amide bonds. The van der Waals surface area contributed by atoms with Gasteiger partial charge in [-0.2, -0.15) is 4.31 Å². The van der Waals surface area contributed by atoms with Crippen molar-refractivity contribution in [2.24, 2.45) is 11.8 Å². The SMILES string of the molecule is COCCN(C)C(=O)C1CCCN(C(=O)C2CCCN(S(=O)(=O)c3ccccc3)C2)C1. The lowest BCUT2D eigenvalue weighted by molar-refractivity contribution is -0.143. The van der Waals surface area contributed by atoms with Gasteiger partial charge in [-0.25, -0.2) is 8.42 Å². The maximum atomic E-state index is 13.2. The molecular weight excluding hydrogens is 418 g/mol. The third-order valence-electron chi connectivity index (χ3n) is 6.20. The van der Waals surface area contributed by atoms with Crippen LogP contribution in [-0.4, -0.2) is 87.8 Å². The lowest BCUT2D eigenvalue weighted by Gasteiger charge is -2.38. The number of hydrogen-bond donors (Lipinski definition) is 0. The van der Waals surface area contributed by atoms with Crippen LogP contribution >= 0.6 is 0 Å². The first-order valence-electron chi connectivity index (χ1n) is 10.9. The smallest absolute Gasteiger partial charge is 0.243 e. The summed E-state index contributed by atoms with van der Waals surface area (Å²) in [5, 5.41) is 0. The second-order valence-electron chi connectivity index (χ2n) is 8.39. The van der Waals surface area contributed by atoms with E-state index >= 15 is 0 Å². The fourth-order valence-electron chi connectivity index (χ4n) is 4.39. The normalized spacial score (nSPS) is 22.8. The first-order chi connectivity index (χ1) is 14.8. The predicted octanol–water partition coefficient (Wildman–Crippen LogP) is 1.43. The summed E-state index contributed by atoms with van der Waals surface area (Å²) >= 11 is 0. The van der Waals surface area contributed by atoms with Crippen LogP contribution in [0.15, 0.2) is 35.2 Å². The maximum absolute atomic E-state index is 13.2. The predicted molar refractivity (Wildman–Crippen MR) is 117 cm³/mol. The minimum Gasteiger partial charge on any atom is -0.383 e. The highest BCUT2D eigenvalue weighted by molar-refractivity contribution is 7.89. The number of hydrogen-bond acceptors (Lipinski definition) is 5. The molecule has 8 nitrogen and oxygen atoms in total. The van der Waals surface area contributed by atoms with Crippen molar-refractivity contribution in [3.8, 4) is 0 Å². The van der Waals surface area contributed by atoms with Crippen molar-refractivity contribution < 1.29 is 22.7 Å². The van der Waals surface area contributed by atoms with Crippen LogP contribution < -0.4 is 0 Å². The van der Waals surface area contributed by atoms with E-state index in [2.05, 4.69) is 0 Å². The number of piperidine rings is 2. The Morgan fingerprint density at radius 1 is 1.06 bits per heavy atom. The largest absolute Gasteiger partial charge is 0.383 e. The Morgan fingerprint density at radius 2 is 1.74 bits per heavy atom. The Bertz CT molecular complexity index is 861. The van der Waals surface area contributed by atoms with E-state index in [1.165, 1.54) is 4.31 Å². The van der Waals surface area contributed by atoms with Crippen molar-refractivity contribution in [1.29, 1.82) is 0 Å². The summed E-state index contributed by atoms with van der Waals surface area (Å²) in [6, 6.07) is 8.35. The number of carbonyl (C=O) groups is 2. The van der Waals surface area contributed by atoms with E-state index in [-0.39, 0.29) is 35.1 Å². The van der Waals surface area contributed by atoms with Gasteiger partial charge in [0.25, 0.3) is 0 Å². The summed E-state index contributed by atoms with van der Waals surface area (Å²) in [6.45, 7) is 2.63. The van der Waals surface area contributed by atoms with Crippen molar-refractivity contribution >= 4 is 21.8 Å². The number of rotatable bonds is 7.